The van der Waals surface area contributed by atoms with Crippen molar-refractivity contribution in [1.29, 1.82) is 0 Å². The fourth-order valence-electron chi connectivity index (χ4n) is 2.55. The van der Waals surface area contributed by atoms with Gasteiger partial charge >= 0.3 is 0 Å². The van der Waals surface area contributed by atoms with E-state index >= 15 is 0 Å². The van der Waals surface area contributed by atoms with Gasteiger partial charge in [-0.2, -0.15) is 0 Å². The Morgan fingerprint density at radius 3 is 1.67 bits per heavy atom. The average Bonchev–Trinajstić information content (AvgIpc) is 2.79. The molecule has 2 rings (SSSR count). The van der Waals surface area contributed by atoms with Crippen LogP contribution in [0.3, 0.4) is 0 Å². The van der Waals surface area contributed by atoms with Gasteiger partial charge in [0.2, 0.25) is 0 Å². The van der Waals surface area contributed by atoms with Crippen LogP contribution >= 0.6 is 21.6 Å². The molecule has 1 saturated carbocycles. The molecule has 4 unspecified atom stereocenters. The predicted molar refractivity (Wildman–Crippen MR) is 59.2 cm³/mol. The summed E-state index contributed by atoms with van der Waals surface area (Å²) in [4.78, 5) is 0. The maximum atomic E-state index is 2.44. The second-order valence-electron chi connectivity index (χ2n) is 4.66. The molecule has 0 amide bonds. The van der Waals surface area contributed by atoms with E-state index in [9.17, 15) is 0 Å². The summed E-state index contributed by atoms with van der Waals surface area (Å²) < 4.78 is 0.622. The maximum absolute atomic E-state index is 2.44. The smallest absolute Gasteiger partial charge is 0.0733 e. The zero-order valence-corrected chi connectivity index (χ0v) is 9.97. The lowest BCUT2D eigenvalue weighted by Gasteiger charge is -2.41. The Balaban J connectivity index is 2.19. The van der Waals surface area contributed by atoms with E-state index in [2.05, 4.69) is 49.3 Å². The molecule has 1 aliphatic heterocycles. The van der Waals surface area contributed by atoms with Gasteiger partial charge < -0.3 is 0 Å². The van der Waals surface area contributed by atoms with Crippen LogP contribution in [0.2, 0.25) is 0 Å². The van der Waals surface area contributed by atoms with E-state index in [0.29, 0.717) is 4.08 Å². The summed E-state index contributed by atoms with van der Waals surface area (Å²) in [6, 6.07) is 0. The molecule has 2 aliphatic rings. The minimum absolute atomic E-state index is 0.622. The zero-order valence-electron chi connectivity index (χ0n) is 8.33. The molecule has 0 nitrogen and oxygen atoms in total. The van der Waals surface area contributed by atoms with Crippen LogP contribution in [0.25, 0.3) is 0 Å². The van der Waals surface area contributed by atoms with Crippen molar-refractivity contribution < 1.29 is 0 Å². The first-order valence-corrected chi connectivity index (χ1v) is 7.09. The third-order valence-electron chi connectivity index (χ3n) is 4.00. The van der Waals surface area contributed by atoms with E-state index in [1.165, 1.54) is 6.42 Å². The van der Waals surface area contributed by atoms with E-state index in [-0.39, 0.29) is 0 Å². The molecule has 1 saturated heterocycles. The average molecular weight is 202 g/mol. The fraction of sp³-hybridized carbons (Fsp3) is 1.00. The Bertz CT molecular complexity index is 170. The number of rotatable bonds is 0. The highest BCUT2D eigenvalue weighted by atomic mass is 33.2. The maximum Gasteiger partial charge on any atom is 0.0874 e. The summed E-state index contributed by atoms with van der Waals surface area (Å²) >= 11 is 0. The Morgan fingerprint density at radius 2 is 1.33 bits per heavy atom. The van der Waals surface area contributed by atoms with Crippen molar-refractivity contribution in [1.82, 2.24) is 0 Å². The van der Waals surface area contributed by atoms with Gasteiger partial charge in [0, 0.05) is 0 Å². The molecule has 4 atom stereocenters. The van der Waals surface area contributed by atoms with Crippen molar-refractivity contribution in [3.8, 4) is 0 Å². The van der Waals surface area contributed by atoms with Crippen LogP contribution < -0.4 is 0 Å². The molecule has 0 aromatic heterocycles. The van der Waals surface area contributed by atoms with E-state index in [1.807, 2.05) is 0 Å². The summed E-state index contributed by atoms with van der Waals surface area (Å²) in [6.45, 7) is 9.74. The second-order valence-corrected chi connectivity index (χ2v) is 7.60. The summed E-state index contributed by atoms with van der Waals surface area (Å²) in [5, 5.41) is 0. The molecule has 12 heavy (non-hydrogen) atoms. The summed E-state index contributed by atoms with van der Waals surface area (Å²) in [7, 11) is 4.26. The third-order valence-corrected chi connectivity index (χ3v) is 7.69. The SMILES string of the molecule is CC1CC(C)C(C)C2(SS2)C1C. The highest BCUT2D eigenvalue weighted by molar-refractivity contribution is 8.93. The van der Waals surface area contributed by atoms with Crippen molar-refractivity contribution in [2.45, 2.75) is 38.2 Å². The molecule has 0 N–H and O–H groups in total. The fourth-order valence-corrected chi connectivity index (χ4v) is 6.30. The van der Waals surface area contributed by atoms with Crippen molar-refractivity contribution in [2.75, 3.05) is 0 Å². The van der Waals surface area contributed by atoms with Crippen LogP contribution in [0, 0.1) is 23.7 Å². The molecule has 1 heterocycles. The number of hydrogen-bond acceptors (Lipinski definition) is 2. The normalized spacial score (nSPS) is 51.0. The summed E-state index contributed by atoms with van der Waals surface area (Å²) in [6.07, 6.45) is 1.44. The lowest BCUT2D eigenvalue weighted by Crippen LogP contribution is -2.39. The Kier molecular flexibility index (Phi) is 2.20. The van der Waals surface area contributed by atoms with Gasteiger partial charge in [-0.3, -0.25) is 0 Å². The molecule has 1 aliphatic carbocycles. The molecular weight excluding hydrogens is 184 g/mol. The van der Waals surface area contributed by atoms with Gasteiger partial charge in [0.15, 0.2) is 0 Å². The highest BCUT2D eigenvalue weighted by Gasteiger charge is 2.59. The Hall–Kier alpha value is 0.700. The van der Waals surface area contributed by atoms with Crippen molar-refractivity contribution in [3.63, 3.8) is 0 Å². The summed E-state index contributed by atoms with van der Waals surface area (Å²) in [5.74, 6) is 3.69. The molecule has 0 radical (unpaired) electrons. The molecule has 0 aromatic carbocycles. The molecule has 2 heteroatoms. The van der Waals surface area contributed by atoms with Crippen LogP contribution in [0.15, 0.2) is 0 Å². The van der Waals surface area contributed by atoms with Crippen LogP contribution in [-0.2, 0) is 0 Å². The monoisotopic (exact) mass is 202 g/mol. The van der Waals surface area contributed by atoms with Crippen LogP contribution in [0.4, 0.5) is 0 Å². The van der Waals surface area contributed by atoms with Crippen molar-refractivity contribution in [3.05, 3.63) is 0 Å². The topological polar surface area (TPSA) is 0 Å². The third kappa shape index (κ3) is 1.14. The lowest BCUT2D eigenvalue weighted by molar-refractivity contribution is 0.155. The zero-order chi connectivity index (χ0) is 8.93. The summed E-state index contributed by atoms with van der Waals surface area (Å²) in [5.41, 5.74) is 0. The Labute approximate surface area is 83.7 Å². The first-order chi connectivity index (χ1) is 5.58. The predicted octanol–water partition coefficient (Wildman–Crippen LogP) is 4.03. The quantitative estimate of drug-likeness (QED) is 0.430. The van der Waals surface area contributed by atoms with E-state index in [4.69, 9.17) is 0 Å². The van der Waals surface area contributed by atoms with E-state index < -0.39 is 0 Å². The van der Waals surface area contributed by atoms with Gasteiger partial charge in [0.05, 0.1) is 4.08 Å². The van der Waals surface area contributed by atoms with Crippen LogP contribution in [0.1, 0.15) is 34.1 Å². The molecule has 2 fully saturated rings. The first kappa shape index (κ1) is 9.26. The molecule has 0 aromatic rings. The van der Waals surface area contributed by atoms with Gasteiger partial charge in [-0.05, 0) is 30.1 Å². The van der Waals surface area contributed by atoms with Gasteiger partial charge in [-0.25, -0.2) is 0 Å². The van der Waals surface area contributed by atoms with E-state index in [0.717, 1.165) is 23.7 Å². The highest BCUT2D eigenvalue weighted by Crippen LogP contribution is 2.76. The van der Waals surface area contributed by atoms with Gasteiger partial charge in [0.25, 0.3) is 0 Å². The van der Waals surface area contributed by atoms with Crippen molar-refractivity contribution >= 4 is 21.6 Å². The lowest BCUT2D eigenvalue weighted by atomic mass is 9.70. The first-order valence-electron chi connectivity index (χ1n) is 4.94. The van der Waals surface area contributed by atoms with Gasteiger partial charge in [-0.15, -0.1) is 0 Å². The second kappa shape index (κ2) is 2.84. The number of hydrogen-bond donors (Lipinski definition) is 0. The molecule has 0 bridgehead atoms. The van der Waals surface area contributed by atoms with Crippen molar-refractivity contribution in [2.24, 2.45) is 23.7 Å². The van der Waals surface area contributed by atoms with Gasteiger partial charge in [-0.1, -0.05) is 49.3 Å². The minimum atomic E-state index is 0.622. The molecular formula is C10H18S2. The van der Waals surface area contributed by atoms with E-state index in [1.54, 1.807) is 0 Å². The molecule has 1 spiro atoms. The standard InChI is InChI=1S/C10H18S2/c1-6-5-7(2)9(4)10(8(6)3)11-12-10/h6-9H,5H2,1-4H3. The largest absolute Gasteiger partial charge is 0.0874 e. The van der Waals surface area contributed by atoms with Crippen LogP contribution in [-0.4, -0.2) is 4.08 Å². The van der Waals surface area contributed by atoms with Gasteiger partial charge in [0.1, 0.15) is 0 Å². The van der Waals surface area contributed by atoms with Crippen LogP contribution in [0.5, 0.6) is 0 Å². The molecule has 70 valence electrons. The minimum Gasteiger partial charge on any atom is -0.0733 e. The Morgan fingerprint density at radius 1 is 0.917 bits per heavy atom.